The molecule has 0 radical (unpaired) electrons. The molecule has 3 aromatic rings. The van der Waals surface area contributed by atoms with E-state index in [1.807, 2.05) is 50.0 Å². The van der Waals surface area contributed by atoms with Crippen molar-refractivity contribution in [1.82, 2.24) is 19.7 Å². The second-order valence-corrected chi connectivity index (χ2v) is 6.01. The zero-order chi connectivity index (χ0) is 17.1. The molecular formula is C18H20ClN5. The van der Waals surface area contributed by atoms with Gasteiger partial charge in [-0.25, -0.2) is 9.97 Å². The van der Waals surface area contributed by atoms with Gasteiger partial charge in [0.15, 0.2) is 0 Å². The lowest BCUT2D eigenvalue weighted by Crippen LogP contribution is -2.07. The lowest BCUT2D eigenvalue weighted by Gasteiger charge is -2.11. The third-order valence-corrected chi connectivity index (χ3v) is 4.22. The van der Waals surface area contributed by atoms with Crippen LogP contribution >= 0.6 is 11.6 Å². The average Bonchev–Trinajstić information content (AvgIpc) is 2.97. The zero-order valence-corrected chi connectivity index (χ0v) is 14.8. The highest BCUT2D eigenvalue weighted by Crippen LogP contribution is 2.24. The maximum Gasteiger partial charge on any atom is 0.137 e. The van der Waals surface area contributed by atoms with E-state index in [0.29, 0.717) is 11.7 Å². The van der Waals surface area contributed by atoms with Crippen LogP contribution in [-0.2, 0) is 20.0 Å². The highest BCUT2D eigenvalue weighted by molar-refractivity contribution is 6.30. The van der Waals surface area contributed by atoms with E-state index in [2.05, 4.69) is 32.5 Å². The maximum atomic E-state index is 6.20. The highest BCUT2D eigenvalue weighted by atomic mass is 35.5. The Bertz CT molecular complexity index is 842. The number of anilines is 1. The summed E-state index contributed by atoms with van der Waals surface area (Å²) in [6.45, 7) is 4.56. The molecule has 0 bridgehead atoms. The summed E-state index contributed by atoms with van der Waals surface area (Å²) in [6.07, 6.45) is 2.77. The number of rotatable bonds is 5. The quantitative estimate of drug-likeness (QED) is 0.712. The number of aromatic nitrogens is 4. The van der Waals surface area contributed by atoms with E-state index in [4.69, 9.17) is 11.6 Å². The molecule has 0 aliphatic rings. The Balaban J connectivity index is 1.87. The number of nitrogens with zero attached hydrogens (tertiary/aromatic N) is 4. The van der Waals surface area contributed by atoms with Crippen LogP contribution in [0.15, 0.2) is 36.5 Å². The van der Waals surface area contributed by atoms with E-state index in [1.165, 1.54) is 0 Å². The summed E-state index contributed by atoms with van der Waals surface area (Å²) in [5.74, 6) is 1.51. The topological polar surface area (TPSA) is 55.6 Å². The van der Waals surface area contributed by atoms with Crippen LogP contribution in [0.2, 0.25) is 5.15 Å². The third kappa shape index (κ3) is 3.41. The van der Waals surface area contributed by atoms with Crippen LogP contribution in [0.5, 0.6) is 0 Å². The molecule has 0 unspecified atom stereocenters. The van der Waals surface area contributed by atoms with Crippen LogP contribution in [-0.4, -0.2) is 19.7 Å². The molecule has 1 N–H and O–H groups in total. The molecule has 0 aliphatic carbocycles. The lowest BCUT2D eigenvalue weighted by molar-refractivity contribution is 0.770. The van der Waals surface area contributed by atoms with Gasteiger partial charge in [0.1, 0.15) is 16.8 Å². The Morgan fingerprint density at radius 3 is 2.62 bits per heavy atom. The van der Waals surface area contributed by atoms with Gasteiger partial charge in [-0.1, -0.05) is 48.9 Å². The van der Waals surface area contributed by atoms with Gasteiger partial charge in [-0.2, -0.15) is 5.10 Å². The van der Waals surface area contributed by atoms with Crippen molar-refractivity contribution in [1.29, 1.82) is 0 Å². The van der Waals surface area contributed by atoms with E-state index in [9.17, 15) is 0 Å². The predicted molar refractivity (Wildman–Crippen MR) is 97.1 cm³/mol. The molecule has 124 valence electrons. The van der Waals surface area contributed by atoms with Crippen LogP contribution in [0, 0.1) is 6.92 Å². The first-order valence-electron chi connectivity index (χ1n) is 7.93. The van der Waals surface area contributed by atoms with E-state index in [0.717, 1.165) is 40.4 Å². The van der Waals surface area contributed by atoms with Crippen molar-refractivity contribution < 1.29 is 0 Å². The summed E-state index contributed by atoms with van der Waals surface area (Å²) in [6, 6.07) is 10.2. The first-order chi connectivity index (χ1) is 11.6. The number of aryl methyl sites for hydroxylation is 2. The van der Waals surface area contributed by atoms with Crippen LogP contribution in [0.1, 0.15) is 23.9 Å². The summed E-state index contributed by atoms with van der Waals surface area (Å²) < 4.78 is 1.83. The molecular weight excluding hydrogens is 322 g/mol. The van der Waals surface area contributed by atoms with Gasteiger partial charge in [0.05, 0.1) is 5.69 Å². The molecule has 0 amide bonds. The van der Waals surface area contributed by atoms with Crippen LogP contribution in [0.25, 0.3) is 11.3 Å². The molecule has 2 aromatic heterocycles. The summed E-state index contributed by atoms with van der Waals surface area (Å²) in [5, 5.41) is 8.46. The fourth-order valence-corrected chi connectivity index (χ4v) is 2.74. The smallest absolute Gasteiger partial charge is 0.137 e. The molecule has 2 heterocycles. The SMILES string of the molecule is CCc1nc(Cl)c(C)c(NCc2cn(C)nc2-c2ccccc2)n1. The summed E-state index contributed by atoms with van der Waals surface area (Å²) in [7, 11) is 1.93. The monoisotopic (exact) mass is 341 g/mol. The fourth-order valence-electron chi connectivity index (χ4n) is 2.55. The molecule has 0 fully saturated rings. The number of benzene rings is 1. The van der Waals surface area contributed by atoms with Gasteiger partial charge in [0, 0.05) is 42.9 Å². The molecule has 0 saturated heterocycles. The van der Waals surface area contributed by atoms with Gasteiger partial charge in [-0.05, 0) is 6.92 Å². The number of hydrogen-bond acceptors (Lipinski definition) is 4. The van der Waals surface area contributed by atoms with Crippen LogP contribution in [0.4, 0.5) is 5.82 Å². The van der Waals surface area contributed by atoms with Crippen molar-refractivity contribution in [3.05, 3.63) is 58.6 Å². The van der Waals surface area contributed by atoms with Crippen molar-refractivity contribution in [2.24, 2.45) is 7.05 Å². The minimum atomic E-state index is 0.499. The van der Waals surface area contributed by atoms with Gasteiger partial charge >= 0.3 is 0 Å². The van der Waals surface area contributed by atoms with E-state index >= 15 is 0 Å². The molecule has 6 heteroatoms. The average molecular weight is 342 g/mol. The second-order valence-electron chi connectivity index (χ2n) is 5.65. The number of halogens is 1. The number of hydrogen-bond donors (Lipinski definition) is 1. The maximum absolute atomic E-state index is 6.20. The summed E-state index contributed by atoms with van der Waals surface area (Å²) >= 11 is 6.20. The Kier molecular flexibility index (Phi) is 4.81. The first kappa shape index (κ1) is 16.5. The Labute approximate surface area is 146 Å². The molecule has 0 aliphatic heterocycles. The van der Waals surface area contributed by atoms with Crippen molar-refractivity contribution >= 4 is 17.4 Å². The van der Waals surface area contributed by atoms with Gasteiger partial charge in [-0.15, -0.1) is 0 Å². The van der Waals surface area contributed by atoms with Crippen molar-refractivity contribution in [2.45, 2.75) is 26.8 Å². The molecule has 24 heavy (non-hydrogen) atoms. The third-order valence-electron chi connectivity index (χ3n) is 3.85. The minimum Gasteiger partial charge on any atom is -0.365 e. The largest absolute Gasteiger partial charge is 0.365 e. The van der Waals surface area contributed by atoms with Crippen LogP contribution < -0.4 is 5.32 Å². The van der Waals surface area contributed by atoms with Crippen molar-refractivity contribution in [3.8, 4) is 11.3 Å². The summed E-state index contributed by atoms with van der Waals surface area (Å²) in [4.78, 5) is 8.82. The van der Waals surface area contributed by atoms with E-state index in [-0.39, 0.29) is 0 Å². The molecule has 0 saturated carbocycles. The molecule has 5 nitrogen and oxygen atoms in total. The minimum absolute atomic E-state index is 0.499. The summed E-state index contributed by atoms with van der Waals surface area (Å²) in [5.41, 5.74) is 4.04. The molecule has 0 atom stereocenters. The zero-order valence-electron chi connectivity index (χ0n) is 14.0. The molecule has 3 rings (SSSR count). The second kappa shape index (κ2) is 7.01. The highest BCUT2D eigenvalue weighted by Gasteiger charge is 2.12. The first-order valence-corrected chi connectivity index (χ1v) is 8.31. The van der Waals surface area contributed by atoms with Crippen molar-refractivity contribution in [2.75, 3.05) is 5.32 Å². The standard InChI is InChI=1S/C18H20ClN5/c1-4-15-21-17(19)12(2)18(22-15)20-10-14-11-24(3)23-16(14)13-8-6-5-7-9-13/h5-9,11H,4,10H2,1-3H3,(H,20,21,22). The predicted octanol–water partition coefficient (Wildman–Crippen LogP) is 4.01. The van der Waals surface area contributed by atoms with Crippen molar-refractivity contribution in [3.63, 3.8) is 0 Å². The van der Waals surface area contributed by atoms with Gasteiger partial charge in [0.25, 0.3) is 0 Å². The lowest BCUT2D eigenvalue weighted by atomic mass is 10.1. The number of nitrogens with one attached hydrogen (secondary N) is 1. The Morgan fingerprint density at radius 2 is 1.92 bits per heavy atom. The Hall–Kier alpha value is -2.40. The van der Waals surface area contributed by atoms with Gasteiger partial charge < -0.3 is 5.32 Å². The molecule has 1 aromatic carbocycles. The van der Waals surface area contributed by atoms with Crippen LogP contribution in [0.3, 0.4) is 0 Å². The fraction of sp³-hybridized carbons (Fsp3) is 0.278. The van der Waals surface area contributed by atoms with Gasteiger partial charge in [0.2, 0.25) is 0 Å². The van der Waals surface area contributed by atoms with Gasteiger partial charge in [-0.3, -0.25) is 4.68 Å². The van der Waals surface area contributed by atoms with E-state index < -0.39 is 0 Å². The molecule has 0 spiro atoms. The van der Waals surface area contributed by atoms with E-state index in [1.54, 1.807) is 0 Å². The Morgan fingerprint density at radius 1 is 1.17 bits per heavy atom. The normalized spacial score (nSPS) is 10.8.